The number of aromatic nitrogens is 3. The van der Waals surface area contributed by atoms with Gasteiger partial charge < -0.3 is 25.7 Å². The van der Waals surface area contributed by atoms with Crippen LogP contribution >= 0.6 is 23.2 Å². The summed E-state index contributed by atoms with van der Waals surface area (Å²) in [5, 5.41) is 6.59. The van der Waals surface area contributed by atoms with Gasteiger partial charge in [0.2, 0.25) is 0 Å². The molecule has 180 valence electrons. The number of amides is 2. The first-order chi connectivity index (χ1) is 16.7. The molecule has 2 aromatic heterocycles. The lowest BCUT2D eigenvalue weighted by Crippen LogP contribution is -2.20. The van der Waals surface area contributed by atoms with Gasteiger partial charge in [0, 0.05) is 33.5 Å². The van der Waals surface area contributed by atoms with Crippen LogP contribution in [-0.4, -0.2) is 33.5 Å². The number of halogens is 2. The molecule has 2 amide bonds. The van der Waals surface area contributed by atoms with Crippen LogP contribution in [0, 0.1) is 0 Å². The molecule has 0 fully saturated rings. The fourth-order valence-corrected chi connectivity index (χ4v) is 4.21. The monoisotopic (exact) mass is 512 g/mol. The summed E-state index contributed by atoms with van der Waals surface area (Å²) in [6.45, 7) is 3.96. The molecule has 0 atom stereocenters. The highest BCUT2D eigenvalue weighted by Crippen LogP contribution is 2.31. The van der Waals surface area contributed by atoms with Crippen molar-refractivity contribution in [2.45, 2.75) is 19.9 Å². The van der Waals surface area contributed by atoms with E-state index in [1.807, 2.05) is 18.4 Å². The molecule has 0 aliphatic carbocycles. The minimum Gasteiger partial charge on any atom is -0.495 e. The summed E-state index contributed by atoms with van der Waals surface area (Å²) in [4.78, 5) is 34.5. The van der Waals surface area contributed by atoms with Gasteiger partial charge >= 0.3 is 6.03 Å². The van der Waals surface area contributed by atoms with Gasteiger partial charge in [-0.3, -0.25) is 4.79 Å². The fraction of sp³-hybridized carbons (Fsp3) is 0.167. The van der Waals surface area contributed by atoms with E-state index in [-0.39, 0.29) is 17.6 Å². The van der Waals surface area contributed by atoms with Crippen molar-refractivity contribution < 1.29 is 14.3 Å². The molecule has 0 aliphatic heterocycles. The Labute approximate surface area is 211 Å². The van der Waals surface area contributed by atoms with Crippen LogP contribution in [-0.2, 0) is 0 Å². The Morgan fingerprint density at radius 1 is 1.06 bits per heavy atom. The molecule has 35 heavy (non-hydrogen) atoms. The summed E-state index contributed by atoms with van der Waals surface area (Å²) in [6, 6.07) is 8.89. The highest BCUT2D eigenvalue weighted by atomic mass is 35.5. The van der Waals surface area contributed by atoms with E-state index in [0.717, 1.165) is 0 Å². The number of hydrogen-bond donors (Lipinski definition) is 3. The number of carbonyl (C=O) groups is 2. The molecule has 0 unspecified atom stereocenters. The zero-order valence-corrected chi connectivity index (χ0v) is 20.6. The van der Waals surface area contributed by atoms with E-state index in [4.69, 9.17) is 33.7 Å². The topological polar surface area (TPSA) is 124 Å². The summed E-state index contributed by atoms with van der Waals surface area (Å²) in [5.74, 6) is 0.279. The predicted molar refractivity (Wildman–Crippen MR) is 138 cm³/mol. The van der Waals surface area contributed by atoms with Crippen molar-refractivity contribution in [3.05, 3.63) is 70.1 Å². The molecule has 0 saturated carbocycles. The highest BCUT2D eigenvalue weighted by Gasteiger charge is 2.22. The fourth-order valence-electron chi connectivity index (χ4n) is 3.69. The Balaban J connectivity index is 1.67. The third-order valence-electron chi connectivity index (χ3n) is 5.27. The summed E-state index contributed by atoms with van der Waals surface area (Å²) in [6.07, 6.45) is 3.08. The lowest BCUT2D eigenvalue weighted by molar-refractivity contribution is 0.104. The Kier molecular flexibility index (Phi) is 6.81. The number of anilines is 3. The second-order valence-corrected chi connectivity index (χ2v) is 8.86. The van der Waals surface area contributed by atoms with Crippen LogP contribution in [0.4, 0.5) is 22.0 Å². The van der Waals surface area contributed by atoms with Crippen molar-refractivity contribution in [2.75, 3.05) is 23.5 Å². The maximum absolute atomic E-state index is 13.5. The van der Waals surface area contributed by atoms with E-state index in [1.54, 1.807) is 36.5 Å². The van der Waals surface area contributed by atoms with Crippen LogP contribution in [0.2, 0.25) is 10.0 Å². The molecule has 4 N–H and O–H groups in total. The van der Waals surface area contributed by atoms with Crippen molar-refractivity contribution in [1.82, 2.24) is 14.5 Å². The molecule has 11 heteroatoms. The molecule has 2 aromatic carbocycles. The van der Waals surface area contributed by atoms with Gasteiger partial charge in [-0.15, -0.1) is 0 Å². The van der Waals surface area contributed by atoms with Gasteiger partial charge in [-0.25, -0.2) is 14.8 Å². The van der Waals surface area contributed by atoms with Crippen LogP contribution in [0.15, 0.2) is 48.9 Å². The van der Waals surface area contributed by atoms with Crippen LogP contribution in [0.5, 0.6) is 5.75 Å². The molecule has 2 heterocycles. The number of methoxy groups -OCH3 is 1. The first kappa shape index (κ1) is 24.3. The van der Waals surface area contributed by atoms with Gasteiger partial charge in [-0.2, -0.15) is 0 Å². The molecule has 9 nitrogen and oxygen atoms in total. The average molecular weight is 513 g/mol. The van der Waals surface area contributed by atoms with E-state index in [9.17, 15) is 9.59 Å². The van der Waals surface area contributed by atoms with Gasteiger partial charge in [0.25, 0.3) is 0 Å². The van der Waals surface area contributed by atoms with Crippen LogP contribution in [0.1, 0.15) is 35.8 Å². The van der Waals surface area contributed by atoms with E-state index < -0.39 is 6.03 Å². The number of ether oxygens (including phenoxy) is 1. The van der Waals surface area contributed by atoms with Gasteiger partial charge in [0.15, 0.2) is 5.78 Å². The third-order valence-corrected chi connectivity index (χ3v) is 5.71. The van der Waals surface area contributed by atoms with E-state index in [0.29, 0.717) is 49.3 Å². The summed E-state index contributed by atoms with van der Waals surface area (Å²) in [5.41, 5.74) is 8.05. The quantitative estimate of drug-likeness (QED) is 0.281. The van der Waals surface area contributed by atoms with E-state index in [2.05, 4.69) is 20.6 Å². The maximum Gasteiger partial charge on any atom is 0.323 e. The number of nitrogen functional groups attached to an aromatic ring is 1. The molecular formula is C24H22Cl2N6O3. The number of carbonyl (C=O) groups excluding carboxylic acids is 2. The molecule has 0 bridgehead atoms. The second kappa shape index (κ2) is 9.81. The number of rotatable bonds is 6. The van der Waals surface area contributed by atoms with Crippen LogP contribution in [0.25, 0.3) is 11.0 Å². The standard InChI is InChI=1S/C24H22Cl2N6O3/c1-12(2)32-10-17(20-22(27)28-11-29-23(20)32)21(33)13-4-5-19(35-3)18(6-13)31-24(34)30-16-8-14(25)7-15(26)9-16/h4-12H,1-3H3,(H2,27,28,29)(H2,30,31,34). The number of fused-ring (bicyclic) bond motifs is 1. The van der Waals surface area contributed by atoms with Crippen molar-refractivity contribution >= 4 is 63.2 Å². The number of nitrogens with two attached hydrogens (primary N) is 1. The Bertz CT molecular complexity index is 1430. The van der Waals surface area contributed by atoms with E-state index in [1.165, 1.54) is 19.5 Å². The first-order valence-corrected chi connectivity index (χ1v) is 11.3. The van der Waals surface area contributed by atoms with Gasteiger partial charge in [0.1, 0.15) is 23.5 Å². The van der Waals surface area contributed by atoms with Crippen molar-refractivity contribution in [3.8, 4) is 5.75 Å². The smallest absolute Gasteiger partial charge is 0.323 e. The van der Waals surface area contributed by atoms with Crippen molar-refractivity contribution in [3.63, 3.8) is 0 Å². The van der Waals surface area contributed by atoms with Crippen molar-refractivity contribution in [1.29, 1.82) is 0 Å². The molecule has 0 spiro atoms. The zero-order chi connectivity index (χ0) is 25.3. The summed E-state index contributed by atoms with van der Waals surface area (Å²) < 4.78 is 7.23. The number of nitrogens with one attached hydrogen (secondary N) is 2. The summed E-state index contributed by atoms with van der Waals surface area (Å²) >= 11 is 12.0. The number of nitrogens with zero attached hydrogens (tertiary/aromatic N) is 3. The largest absolute Gasteiger partial charge is 0.495 e. The number of urea groups is 1. The Hall–Kier alpha value is -3.82. The predicted octanol–water partition coefficient (Wildman–Crippen LogP) is 5.78. The molecule has 0 aliphatic rings. The SMILES string of the molecule is COc1ccc(C(=O)c2cn(C(C)C)c3ncnc(N)c23)cc1NC(=O)Nc1cc(Cl)cc(Cl)c1. The van der Waals surface area contributed by atoms with Gasteiger partial charge in [-0.05, 0) is 50.2 Å². The van der Waals surface area contributed by atoms with Crippen LogP contribution in [0.3, 0.4) is 0 Å². The normalized spacial score (nSPS) is 11.0. The van der Waals surface area contributed by atoms with Gasteiger partial charge in [0.05, 0.1) is 23.7 Å². The number of ketones is 1. The minimum absolute atomic E-state index is 0.0464. The maximum atomic E-state index is 13.5. The van der Waals surface area contributed by atoms with E-state index >= 15 is 0 Å². The Morgan fingerprint density at radius 3 is 2.43 bits per heavy atom. The first-order valence-electron chi connectivity index (χ1n) is 10.6. The molecule has 4 aromatic rings. The zero-order valence-electron chi connectivity index (χ0n) is 19.1. The highest BCUT2D eigenvalue weighted by molar-refractivity contribution is 6.35. The van der Waals surface area contributed by atoms with Crippen molar-refractivity contribution in [2.24, 2.45) is 0 Å². The average Bonchev–Trinajstić information content (AvgIpc) is 3.19. The summed E-state index contributed by atoms with van der Waals surface area (Å²) in [7, 11) is 1.46. The van der Waals surface area contributed by atoms with Crippen LogP contribution < -0.4 is 21.1 Å². The molecule has 0 saturated heterocycles. The number of benzene rings is 2. The molecular weight excluding hydrogens is 491 g/mol. The lowest BCUT2D eigenvalue weighted by Gasteiger charge is -2.13. The lowest BCUT2D eigenvalue weighted by atomic mass is 10.0. The number of hydrogen-bond acceptors (Lipinski definition) is 6. The minimum atomic E-state index is -0.569. The van der Waals surface area contributed by atoms with Gasteiger partial charge in [-0.1, -0.05) is 23.2 Å². The Morgan fingerprint density at radius 2 is 1.77 bits per heavy atom. The molecule has 0 radical (unpaired) electrons. The molecule has 4 rings (SSSR count). The third kappa shape index (κ3) is 5.01. The second-order valence-electron chi connectivity index (χ2n) is 7.98.